The van der Waals surface area contributed by atoms with Crippen LogP contribution in [-0.2, 0) is 0 Å². The molecule has 6 heteroatoms. The minimum Gasteiger partial charge on any atom is -0.362 e. The Bertz CT molecular complexity index is 993. The van der Waals surface area contributed by atoms with E-state index in [0.29, 0.717) is 10.8 Å². The van der Waals surface area contributed by atoms with Crippen molar-refractivity contribution in [3.63, 3.8) is 0 Å². The lowest BCUT2D eigenvalue weighted by Crippen LogP contribution is -2.18. The number of pyridine rings is 1. The fourth-order valence-electron chi connectivity index (χ4n) is 3.33. The number of fused-ring (bicyclic) bond motifs is 1. The second kappa shape index (κ2) is 7.53. The van der Waals surface area contributed by atoms with Gasteiger partial charge < -0.3 is 9.80 Å². The Morgan fingerprint density at radius 2 is 1.81 bits per heavy atom. The number of hydrogen-bond acceptors (Lipinski definition) is 5. The van der Waals surface area contributed by atoms with E-state index in [4.69, 9.17) is 16.6 Å². The summed E-state index contributed by atoms with van der Waals surface area (Å²) >= 11 is 6.14. The van der Waals surface area contributed by atoms with E-state index < -0.39 is 0 Å². The number of halogens is 1. The highest BCUT2D eigenvalue weighted by atomic mass is 35.5. The minimum absolute atomic E-state index is 0.655. The van der Waals surface area contributed by atoms with Gasteiger partial charge in [-0.05, 0) is 55.3 Å². The molecule has 0 spiro atoms. The van der Waals surface area contributed by atoms with Gasteiger partial charge >= 0.3 is 0 Å². The van der Waals surface area contributed by atoms with Crippen LogP contribution in [0, 0.1) is 0 Å². The molecule has 27 heavy (non-hydrogen) atoms. The van der Waals surface area contributed by atoms with Crippen LogP contribution in [0.15, 0.2) is 36.4 Å². The molecule has 1 aliphatic rings. The zero-order chi connectivity index (χ0) is 18.8. The summed E-state index contributed by atoms with van der Waals surface area (Å²) < 4.78 is 0. The van der Waals surface area contributed by atoms with Crippen molar-refractivity contribution in [3.8, 4) is 0 Å². The normalized spacial score (nSPS) is 14.4. The third-order valence-electron chi connectivity index (χ3n) is 4.67. The van der Waals surface area contributed by atoms with Gasteiger partial charge in [-0.2, -0.15) is 0 Å². The van der Waals surface area contributed by atoms with E-state index >= 15 is 0 Å². The molecule has 3 heterocycles. The van der Waals surface area contributed by atoms with Crippen molar-refractivity contribution in [2.45, 2.75) is 12.8 Å². The Morgan fingerprint density at radius 3 is 2.59 bits per heavy atom. The summed E-state index contributed by atoms with van der Waals surface area (Å²) in [6.45, 7) is 2.17. The topological polar surface area (TPSA) is 45.2 Å². The molecule has 0 N–H and O–H groups in total. The molecule has 0 radical (unpaired) electrons. The van der Waals surface area contributed by atoms with E-state index in [1.807, 2.05) is 55.4 Å². The highest BCUT2D eigenvalue weighted by Gasteiger charge is 2.13. The number of anilines is 2. The van der Waals surface area contributed by atoms with Crippen molar-refractivity contribution in [1.82, 2.24) is 15.0 Å². The van der Waals surface area contributed by atoms with Gasteiger partial charge in [0, 0.05) is 37.6 Å². The van der Waals surface area contributed by atoms with Crippen LogP contribution >= 0.6 is 11.6 Å². The van der Waals surface area contributed by atoms with Gasteiger partial charge in [-0.25, -0.2) is 15.0 Å². The summed E-state index contributed by atoms with van der Waals surface area (Å²) in [5.41, 5.74) is 1.78. The van der Waals surface area contributed by atoms with Gasteiger partial charge in [-0.1, -0.05) is 17.7 Å². The molecular weight excluding hydrogens is 358 g/mol. The molecule has 1 fully saturated rings. The maximum atomic E-state index is 6.14. The van der Waals surface area contributed by atoms with Crippen molar-refractivity contribution in [2.75, 3.05) is 37.0 Å². The van der Waals surface area contributed by atoms with Crippen molar-refractivity contribution in [2.24, 2.45) is 0 Å². The van der Waals surface area contributed by atoms with Crippen LogP contribution in [0.3, 0.4) is 0 Å². The third-order valence-corrected chi connectivity index (χ3v) is 4.90. The highest BCUT2D eigenvalue weighted by molar-refractivity contribution is 6.31. The van der Waals surface area contributed by atoms with Gasteiger partial charge in [-0.15, -0.1) is 0 Å². The molecule has 0 unspecified atom stereocenters. The first-order chi connectivity index (χ1) is 13.1. The zero-order valence-electron chi connectivity index (χ0n) is 15.6. The maximum absolute atomic E-state index is 6.14. The molecule has 0 saturated carbocycles. The Morgan fingerprint density at radius 1 is 1.00 bits per heavy atom. The van der Waals surface area contributed by atoms with E-state index in [1.165, 1.54) is 12.8 Å². The number of benzene rings is 1. The van der Waals surface area contributed by atoms with Crippen LogP contribution in [0.2, 0.25) is 5.02 Å². The van der Waals surface area contributed by atoms with Gasteiger partial charge in [-0.3, -0.25) is 0 Å². The van der Waals surface area contributed by atoms with Gasteiger partial charge in [0.15, 0.2) is 5.82 Å². The lowest BCUT2D eigenvalue weighted by Gasteiger charge is -2.16. The first-order valence-electron chi connectivity index (χ1n) is 9.15. The number of hydrogen-bond donors (Lipinski definition) is 0. The quantitative estimate of drug-likeness (QED) is 0.667. The molecule has 5 nitrogen and oxygen atoms in total. The Hall–Kier alpha value is -2.66. The van der Waals surface area contributed by atoms with Crippen LogP contribution in [-0.4, -0.2) is 42.1 Å². The molecule has 3 aromatic rings. The molecular formula is C21H22ClN5. The van der Waals surface area contributed by atoms with Crippen LogP contribution in [0.1, 0.15) is 24.4 Å². The number of nitrogens with zero attached hydrogens (tertiary/aromatic N) is 5. The smallest absolute Gasteiger partial charge is 0.155 e. The zero-order valence-corrected chi connectivity index (χ0v) is 16.3. The third kappa shape index (κ3) is 3.88. The summed E-state index contributed by atoms with van der Waals surface area (Å²) in [5, 5.41) is 1.62. The molecule has 2 aromatic heterocycles. The Labute approximate surface area is 164 Å². The van der Waals surface area contributed by atoms with Gasteiger partial charge in [0.1, 0.15) is 11.6 Å². The predicted molar refractivity (Wildman–Crippen MR) is 113 cm³/mol. The van der Waals surface area contributed by atoms with Crippen LogP contribution in [0.4, 0.5) is 11.6 Å². The standard InChI is InChI=1S/C21H22ClN5/c1-26(2)21-17-14-15(22)8-10-18(17)24-19(25-21)11-9-16-6-5-7-20(23-16)27-12-3-4-13-27/h5-11,14H,3-4,12-13H2,1-2H3/b11-9+. The molecule has 1 aromatic carbocycles. The summed E-state index contributed by atoms with van der Waals surface area (Å²) in [4.78, 5) is 18.4. The maximum Gasteiger partial charge on any atom is 0.155 e. The van der Waals surface area contributed by atoms with E-state index in [9.17, 15) is 0 Å². The van der Waals surface area contributed by atoms with Crippen molar-refractivity contribution < 1.29 is 0 Å². The Balaban J connectivity index is 1.67. The average molecular weight is 380 g/mol. The molecule has 0 amide bonds. The lowest BCUT2D eigenvalue weighted by molar-refractivity contribution is 0.936. The molecule has 1 saturated heterocycles. The molecule has 138 valence electrons. The van der Waals surface area contributed by atoms with Gasteiger partial charge in [0.2, 0.25) is 0 Å². The molecule has 0 bridgehead atoms. The monoisotopic (exact) mass is 379 g/mol. The molecule has 4 rings (SSSR count). The minimum atomic E-state index is 0.655. The number of aromatic nitrogens is 3. The number of rotatable bonds is 4. The summed E-state index contributed by atoms with van der Waals surface area (Å²) in [5.74, 6) is 2.54. The predicted octanol–water partition coefficient (Wildman–Crippen LogP) is 4.51. The van der Waals surface area contributed by atoms with Crippen molar-refractivity contribution in [1.29, 1.82) is 0 Å². The first-order valence-corrected chi connectivity index (χ1v) is 9.53. The summed E-state index contributed by atoms with van der Waals surface area (Å²) in [7, 11) is 3.94. The molecule has 0 atom stereocenters. The SMILES string of the molecule is CN(C)c1nc(/C=C/c2cccc(N3CCCC3)n2)nc2ccc(Cl)cc12. The van der Waals surface area contributed by atoms with E-state index in [-0.39, 0.29) is 0 Å². The van der Waals surface area contributed by atoms with Crippen LogP contribution in [0.5, 0.6) is 0 Å². The van der Waals surface area contributed by atoms with E-state index in [0.717, 1.165) is 41.3 Å². The van der Waals surface area contributed by atoms with Crippen molar-refractivity contribution >= 4 is 46.3 Å². The van der Waals surface area contributed by atoms with Crippen LogP contribution < -0.4 is 9.80 Å². The van der Waals surface area contributed by atoms with E-state index in [1.54, 1.807) is 0 Å². The fourth-order valence-corrected chi connectivity index (χ4v) is 3.50. The largest absolute Gasteiger partial charge is 0.362 e. The first kappa shape index (κ1) is 17.7. The second-order valence-electron chi connectivity index (χ2n) is 6.91. The Kier molecular flexibility index (Phi) is 4.94. The molecule has 1 aliphatic heterocycles. The lowest BCUT2D eigenvalue weighted by atomic mass is 10.2. The van der Waals surface area contributed by atoms with Crippen LogP contribution in [0.25, 0.3) is 23.1 Å². The fraction of sp³-hybridized carbons (Fsp3) is 0.286. The summed E-state index contributed by atoms with van der Waals surface area (Å²) in [6, 6.07) is 11.8. The van der Waals surface area contributed by atoms with Gasteiger partial charge in [0.25, 0.3) is 0 Å². The van der Waals surface area contributed by atoms with Gasteiger partial charge in [0.05, 0.1) is 11.2 Å². The van der Waals surface area contributed by atoms with Crippen molar-refractivity contribution in [3.05, 3.63) is 52.9 Å². The van der Waals surface area contributed by atoms with E-state index in [2.05, 4.69) is 27.0 Å². The highest BCUT2D eigenvalue weighted by Crippen LogP contribution is 2.26. The molecule has 0 aliphatic carbocycles. The summed E-state index contributed by atoms with van der Waals surface area (Å²) in [6.07, 6.45) is 6.36. The average Bonchev–Trinajstić information content (AvgIpc) is 3.21. The second-order valence-corrected chi connectivity index (χ2v) is 7.35.